The zero-order valence-electron chi connectivity index (χ0n) is 9.12. The summed E-state index contributed by atoms with van der Waals surface area (Å²) in [6.07, 6.45) is 0. The molecule has 0 amide bonds. The molecule has 0 atom stereocenters. The van der Waals surface area contributed by atoms with E-state index in [4.69, 9.17) is 14.2 Å². The highest BCUT2D eigenvalue weighted by Crippen LogP contribution is 2.39. The molecular weight excluding hydrogens is 215 g/mol. The molecular formula is C11H13FO4. The maximum Gasteiger partial charge on any atom is 0.197 e. The highest BCUT2D eigenvalue weighted by atomic mass is 19.1. The fourth-order valence-corrected chi connectivity index (χ4v) is 1.70. The Morgan fingerprint density at radius 1 is 1.31 bits per heavy atom. The molecule has 1 N–H and O–H groups in total. The molecule has 0 radical (unpaired) electrons. The van der Waals surface area contributed by atoms with Crippen LogP contribution in [0.3, 0.4) is 0 Å². The monoisotopic (exact) mass is 228 g/mol. The third-order valence-electron chi connectivity index (χ3n) is 2.67. The lowest BCUT2D eigenvalue weighted by molar-refractivity contribution is -0.186. The van der Waals surface area contributed by atoms with E-state index in [0.29, 0.717) is 5.75 Å². The molecule has 0 spiro atoms. The van der Waals surface area contributed by atoms with Gasteiger partial charge in [0, 0.05) is 5.56 Å². The molecule has 88 valence electrons. The SMILES string of the molecule is COc1ccc(C2(O)COC2)c(F)c1OC. The lowest BCUT2D eigenvalue weighted by atomic mass is 9.91. The summed E-state index contributed by atoms with van der Waals surface area (Å²) in [5.74, 6) is -0.305. The van der Waals surface area contributed by atoms with Crippen LogP contribution in [0.1, 0.15) is 5.56 Å². The topological polar surface area (TPSA) is 47.9 Å². The van der Waals surface area contributed by atoms with Gasteiger partial charge in [-0.1, -0.05) is 0 Å². The van der Waals surface area contributed by atoms with Gasteiger partial charge in [-0.15, -0.1) is 0 Å². The lowest BCUT2D eigenvalue weighted by Gasteiger charge is -2.37. The Kier molecular flexibility index (Phi) is 2.73. The van der Waals surface area contributed by atoms with Gasteiger partial charge >= 0.3 is 0 Å². The minimum absolute atomic E-state index is 0.000301. The van der Waals surface area contributed by atoms with Gasteiger partial charge in [-0.2, -0.15) is 0 Å². The van der Waals surface area contributed by atoms with Crippen LogP contribution >= 0.6 is 0 Å². The van der Waals surface area contributed by atoms with E-state index < -0.39 is 11.4 Å². The number of halogens is 1. The molecule has 1 aliphatic rings. The molecule has 5 heteroatoms. The summed E-state index contributed by atoms with van der Waals surface area (Å²) >= 11 is 0. The predicted molar refractivity (Wildman–Crippen MR) is 54.2 cm³/mol. The van der Waals surface area contributed by atoms with Crippen molar-refractivity contribution in [2.75, 3.05) is 27.4 Å². The molecule has 0 bridgehead atoms. The van der Waals surface area contributed by atoms with Gasteiger partial charge in [0.25, 0.3) is 0 Å². The third-order valence-corrected chi connectivity index (χ3v) is 2.67. The number of hydrogen-bond acceptors (Lipinski definition) is 4. The Morgan fingerprint density at radius 3 is 2.44 bits per heavy atom. The minimum Gasteiger partial charge on any atom is -0.493 e. The molecule has 0 aliphatic carbocycles. The number of rotatable bonds is 3. The van der Waals surface area contributed by atoms with E-state index in [1.54, 1.807) is 6.07 Å². The maximum absolute atomic E-state index is 14.0. The van der Waals surface area contributed by atoms with Crippen LogP contribution in [0.2, 0.25) is 0 Å². The van der Waals surface area contributed by atoms with Crippen molar-refractivity contribution in [2.45, 2.75) is 5.60 Å². The Morgan fingerprint density at radius 2 is 2.00 bits per heavy atom. The van der Waals surface area contributed by atoms with Crippen LogP contribution in [-0.2, 0) is 10.3 Å². The largest absolute Gasteiger partial charge is 0.493 e. The molecule has 1 saturated heterocycles. The van der Waals surface area contributed by atoms with Crippen LogP contribution in [-0.4, -0.2) is 32.5 Å². The average molecular weight is 228 g/mol. The van der Waals surface area contributed by atoms with Gasteiger partial charge in [0.15, 0.2) is 17.3 Å². The Hall–Kier alpha value is -1.33. The summed E-state index contributed by atoms with van der Waals surface area (Å²) in [5, 5.41) is 9.98. The van der Waals surface area contributed by atoms with Crippen molar-refractivity contribution in [2.24, 2.45) is 0 Å². The fraction of sp³-hybridized carbons (Fsp3) is 0.455. The first-order valence-corrected chi connectivity index (χ1v) is 4.83. The van der Waals surface area contributed by atoms with Gasteiger partial charge in [-0.3, -0.25) is 0 Å². The fourth-order valence-electron chi connectivity index (χ4n) is 1.70. The van der Waals surface area contributed by atoms with Gasteiger partial charge in [-0.05, 0) is 12.1 Å². The van der Waals surface area contributed by atoms with Crippen molar-refractivity contribution < 1.29 is 23.7 Å². The van der Waals surface area contributed by atoms with E-state index in [2.05, 4.69) is 0 Å². The summed E-state index contributed by atoms with van der Waals surface area (Å²) < 4.78 is 28.8. The van der Waals surface area contributed by atoms with Crippen molar-refractivity contribution in [1.29, 1.82) is 0 Å². The Labute approximate surface area is 92.6 Å². The second kappa shape index (κ2) is 3.92. The molecule has 0 unspecified atom stereocenters. The zero-order valence-corrected chi connectivity index (χ0v) is 9.12. The van der Waals surface area contributed by atoms with Crippen LogP contribution in [0.15, 0.2) is 12.1 Å². The quantitative estimate of drug-likeness (QED) is 0.840. The van der Waals surface area contributed by atoms with E-state index in [1.807, 2.05) is 0 Å². The summed E-state index contributed by atoms with van der Waals surface area (Å²) in [5.41, 5.74) is -1.07. The smallest absolute Gasteiger partial charge is 0.197 e. The van der Waals surface area contributed by atoms with Crippen molar-refractivity contribution in [1.82, 2.24) is 0 Å². The van der Waals surface area contributed by atoms with Gasteiger partial charge < -0.3 is 19.3 Å². The number of ether oxygens (including phenoxy) is 3. The lowest BCUT2D eigenvalue weighted by Crippen LogP contribution is -2.47. The number of benzene rings is 1. The van der Waals surface area contributed by atoms with Gasteiger partial charge in [-0.25, -0.2) is 4.39 Å². The maximum atomic E-state index is 14.0. The molecule has 1 aromatic rings. The number of methoxy groups -OCH3 is 2. The van der Waals surface area contributed by atoms with Crippen molar-refractivity contribution >= 4 is 0 Å². The van der Waals surface area contributed by atoms with E-state index in [9.17, 15) is 9.50 Å². The predicted octanol–water partition coefficient (Wildman–Crippen LogP) is 1.06. The zero-order chi connectivity index (χ0) is 11.8. The van der Waals surface area contributed by atoms with Crippen LogP contribution < -0.4 is 9.47 Å². The van der Waals surface area contributed by atoms with Crippen LogP contribution in [0.5, 0.6) is 11.5 Å². The highest BCUT2D eigenvalue weighted by molar-refractivity contribution is 5.46. The third kappa shape index (κ3) is 1.52. The second-order valence-corrected chi connectivity index (χ2v) is 3.69. The molecule has 2 rings (SSSR count). The molecule has 1 aliphatic heterocycles. The van der Waals surface area contributed by atoms with Crippen LogP contribution in [0.25, 0.3) is 0 Å². The number of aliphatic hydroxyl groups is 1. The van der Waals surface area contributed by atoms with Gasteiger partial charge in [0.1, 0.15) is 5.60 Å². The van der Waals surface area contributed by atoms with Crippen LogP contribution in [0, 0.1) is 5.82 Å². The summed E-state index contributed by atoms with van der Waals surface area (Å²) in [7, 11) is 2.78. The van der Waals surface area contributed by atoms with E-state index >= 15 is 0 Å². The average Bonchev–Trinajstić information content (AvgIpc) is 2.25. The first-order valence-electron chi connectivity index (χ1n) is 4.83. The molecule has 1 fully saturated rings. The Bertz CT molecular complexity index is 401. The van der Waals surface area contributed by atoms with Gasteiger partial charge in [0.05, 0.1) is 27.4 Å². The van der Waals surface area contributed by atoms with Gasteiger partial charge in [0.2, 0.25) is 0 Å². The number of hydrogen-bond donors (Lipinski definition) is 1. The highest BCUT2D eigenvalue weighted by Gasteiger charge is 2.41. The van der Waals surface area contributed by atoms with E-state index in [-0.39, 0.29) is 24.5 Å². The molecule has 0 saturated carbocycles. The van der Waals surface area contributed by atoms with Crippen molar-refractivity contribution in [3.05, 3.63) is 23.5 Å². The first kappa shape index (κ1) is 11.2. The second-order valence-electron chi connectivity index (χ2n) is 3.69. The summed E-state index contributed by atoms with van der Waals surface area (Å²) in [6, 6.07) is 3.05. The Balaban J connectivity index is 2.48. The normalized spacial score (nSPS) is 17.8. The molecule has 4 nitrogen and oxygen atoms in total. The standard InChI is InChI=1S/C11H13FO4/c1-14-8-4-3-7(9(12)10(8)15-2)11(13)5-16-6-11/h3-4,13H,5-6H2,1-2H3. The summed E-state index contributed by atoms with van der Waals surface area (Å²) in [4.78, 5) is 0. The minimum atomic E-state index is -1.25. The van der Waals surface area contributed by atoms with E-state index in [0.717, 1.165) is 0 Å². The first-order chi connectivity index (χ1) is 7.62. The summed E-state index contributed by atoms with van der Waals surface area (Å²) in [6.45, 7) is 0.193. The van der Waals surface area contributed by atoms with Crippen molar-refractivity contribution in [3.63, 3.8) is 0 Å². The molecule has 16 heavy (non-hydrogen) atoms. The molecule has 1 aromatic carbocycles. The van der Waals surface area contributed by atoms with Crippen LogP contribution in [0.4, 0.5) is 4.39 Å². The van der Waals surface area contributed by atoms with E-state index in [1.165, 1.54) is 20.3 Å². The van der Waals surface area contributed by atoms with Crippen molar-refractivity contribution in [3.8, 4) is 11.5 Å². The molecule has 0 aromatic heterocycles. The molecule has 1 heterocycles.